The van der Waals surface area contributed by atoms with Crippen LogP contribution in [0.5, 0.6) is 17.2 Å². The van der Waals surface area contributed by atoms with Gasteiger partial charge in [0.15, 0.2) is 6.10 Å². The molecule has 3 rings (SSSR count). The van der Waals surface area contributed by atoms with Crippen molar-refractivity contribution >= 4 is 23.0 Å². The monoisotopic (exact) mass is 393 g/mol. The van der Waals surface area contributed by atoms with Crippen LogP contribution in [0.15, 0.2) is 59.8 Å². The first-order valence-corrected chi connectivity index (χ1v) is 9.26. The van der Waals surface area contributed by atoms with E-state index in [0.29, 0.717) is 34.9 Å². The van der Waals surface area contributed by atoms with E-state index < -0.39 is 6.10 Å². The Morgan fingerprint density at radius 3 is 2.83 bits per heavy atom. The Morgan fingerprint density at radius 2 is 2.03 bits per heavy atom. The fourth-order valence-corrected chi connectivity index (χ4v) is 2.71. The molecule has 0 spiro atoms. The molecule has 7 heteroatoms. The number of benzene rings is 2. The second-order valence-electron chi connectivity index (χ2n) is 6.16. The fraction of sp³-hybridized carbons (Fsp3) is 0.227. The Labute approximate surface area is 169 Å². The zero-order chi connectivity index (χ0) is 20.6. The lowest BCUT2D eigenvalue weighted by Gasteiger charge is -2.14. The van der Waals surface area contributed by atoms with Crippen LogP contribution in [0.1, 0.15) is 19.4 Å². The minimum absolute atomic E-state index is 0.380. The number of aromatic nitrogens is 1. The maximum Gasteiger partial charge on any atom is 0.280 e. The van der Waals surface area contributed by atoms with Gasteiger partial charge < -0.3 is 14.2 Å². The van der Waals surface area contributed by atoms with Crippen LogP contribution in [-0.2, 0) is 4.79 Å². The molecule has 0 bridgehead atoms. The van der Waals surface area contributed by atoms with Gasteiger partial charge in [-0.05, 0) is 44.2 Å². The van der Waals surface area contributed by atoms with Crippen molar-refractivity contribution in [3.05, 3.63) is 60.3 Å². The van der Waals surface area contributed by atoms with Gasteiger partial charge in [0.1, 0.15) is 22.8 Å². The number of hydrogen-bond acceptors (Lipinski definition) is 6. The highest BCUT2D eigenvalue weighted by Crippen LogP contribution is 2.24. The third kappa shape index (κ3) is 5.01. The Balaban J connectivity index is 1.67. The lowest BCUT2D eigenvalue weighted by atomic mass is 10.2. The lowest BCUT2D eigenvalue weighted by molar-refractivity contribution is -0.127. The summed E-state index contributed by atoms with van der Waals surface area (Å²) in [5.41, 5.74) is 3.89. The predicted octanol–water partition coefficient (Wildman–Crippen LogP) is 3.56. The molecule has 0 aliphatic carbocycles. The highest BCUT2D eigenvalue weighted by atomic mass is 16.5. The van der Waals surface area contributed by atoms with Gasteiger partial charge in [0.05, 0.1) is 19.9 Å². The summed E-state index contributed by atoms with van der Waals surface area (Å²) in [6, 6.07) is 14.8. The van der Waals surface area contributed by atoms with E-state index in [1.54, 1.807) is 44.5 Å². The second kappa shape index (κ2) is 9.54. The van der Waals surface area contributed by atoms with Crippen molar-refractivity contribution in [2.45, 2.75) is 20.0 Å². The molecule has 1 amide bonds. The zero-order valence-electron chi connectivity index (χ0n) is 16.6. The van der Waals surface area contributed by atoms with Crippen molar-refractivity contribution in [2.24, 2.45) is 5.10 Å². The molecule has 0 saturated carbocycles. The van der Waals surface area contributed by atoms with Crippen LogP contribution in [0.4, 0.5) is 0 Å². The summed E-state index contributed by atoms with van der Waals surface area (Å²) < 4.78 is 16.6. The van der Waals surface area contributed by atoms with Crippen molar-refractivity contribution in [3.8, 4) is 17.2 Å². The number of carbonyl (C=O) groups is 1. The highest BCUT2D eigenvalue weighted by molar-refractivity contribution is 5.88. The molecule has 1 aromatic heterocycles. The van der Waals surface area contributed by atoms with Crippen LogP contribution in [0.25, 0.3) is 10.9 Å². The number of nitrogens with zero attached hydrogens (tertiary/aromatic N) is 2. The summed E-state index contributed by atoms with van der Waals surface area (Å²) in [5, 5.41) is 4.97. The van der Waals surface area contributed by atoms with E-state index in [2.05, 4.69) is 15.5 Å². The number of carbonyl (C=O) groups excluding carboxylic acids is 1. The third-order valence-corrected chi connectivity index (χ3v) is 4.16. The SMILES string of the molecule is CCOc1ccc(OC)cc1/C=N/NC(=O)C(C)Oc1cccc2cccnc12. The van der Waals surface area contributed by atoms with Gasteiger partial charge in [-0.2, -0.15) is 5.10 Å². The standard InChI is InChI=1S/C22H23N3O4/c1-4-28-19-11-10-18(27-3)13-17(19)14-24-25-22(26)15(2)29-20-9-5-7-16-8-6-12-23-21(16)20/h5-15H,4H2,1-3H3,(H,25,26)/b24-14+. The van der Waals surface area contributed by atoms with Gasteiger partial charge in [0.2, 0.25) is 0 Å². The molecule has 2 aromatic carbocycles. The van der Waals surface area contributed by atoms with Gasteiger partial charge in [-0.1, -0.05) is 18.2 Å². The average Bonchev–Trinajstić information content (AvgIpc) is 2.75. The van der Waals surface area contributed by atoms with E-state index in [0.717, 1.165) is 5.39 Å². The van der Waals surface area contributed by atoms with Gasteiger partial charge in [0.25, 0.3) is 5.91 Å². The summed E-state index contributed by atoms with van der Waals surface area (Å²) >= 11 is 0. The first kappa shape index (κ1) is 20.1. The van der Waals surface area contributed by atoms with Crippen LogP contribution < -0.4 is 19.6 Å². The highest BCUT2D eigenvalue weighted by Gasteiger charge is 2.16. The largest absolute Gasteiger partial charge is 0.497 e. The topological polar surface area (TPSA) is 82.0 Å². The number of hydrazone groups is 1. The third-order valence-electron chi connectivity index (χ3n) is 4.16. The summed E-state index contributed by atoms with van der Waals surface area (Å²) in [6.45, 7) is 4.07. The van der Waals surface area contributed by atoms with Crippen LogP contribution >= 0.6 is 0 Å². The number of methoxy groups -OCH3 is 1. The van der Waals surface area contributed by atoms with Crippen molar-refractivity contribution in [1.29, 1.82) is 0 Å². The Morgan fingerprint density at radius 1 is 1.21 bits per heavy atom. The molecule has 150 valence electrons. The lowest BCUT2D eigenvalue weighted by Crippen LogP contribution is -2.33. The Kier molecular flexibility index (Phi) is 6.63. The van der Waals surface area contributed by atoms with Crippen molar-refractivity contribution in [3.63, 3.8) is 0 Å². The van der Waals surface area contributed by atoms with Crippen LogP contribution in [-0.4, -0.2) is 36.9 Å². The summed E-state index contributed by atoms with van der Waals surface area (Å²) in [6.07, 6.45) is 2.45. The van der Waals surface area contributed by atoms with Gasteiger partial charge in [-0.15, -0.1) is 0 Å². The van der Waals surface area contributed by atoms with E-state index in [-0.39, 0.29) is 5.91 Å². The number of rotatable bonds is 8. The quantitative estimate of drug-likeness (QED) is 0.467. The van der Waals surface area contributed by atoms with Crippen LogP contribution in [0.2, 0.25) is 0 Å². The van der Waals surface area contributed by atoms with Gasteiger partial charge in [-0.25, -0.2) is 5.43 Å². The van der Waals surface area contributed by atoms with Crippen molar-refractivity contribution in [2.75, 3.05) is 13.7 Å². The molecule has 29 heavy (non-hydrogen) atoms. The van der Waals surface area contributed by atoms with Gasteiger partial charge in [0, 0.05) is 17.1 Å². The summed E-state index contributed by atoms with van der Waals surface area (Å²) in [5.74, 6) is 1.48. The van der Waals surface area contributed by atoms with Gasteiger partial charge in [-0.3, -0.25) is 9.78 Å². The average molecular weight is 393 g/mol. The molecular weight excluding hydrogens is 370 g/mol. The number of pyridine rings is 1. The minimum Gasteiger partial charge on any atom is -0.497 e. The van der Waals surface area contributed by atoms with E-state index >= 15 is 0 Å². The first-order valence-electron chi connectivity index (χ1n) is 9.26. The molecule has 0 radical (unpaired) electrons. The van der Waals surface area contributed by atoms with Gasteiger partial charge >= 0.3 is 0 Å². The molecule has 0 saturated heterocycles. The molecule has 0 aliphatic heterocycles. The van der Waals surface area contributed by atoms with Crippen LogP contribution in [0, 0.1) is 0 Å². The molecule has 3 aromatic rings. The summed E-state index contributed by atoms with van der Waals surface area (Å²) in [4.78, 5) is 16.7. The minimum atomic E-state index is -0.753. The molecule has 1 atom stereocenters. The molecule has 1 heterocycles. The van der Waals surface area contributed by atoms with E-state index in [4.69, 9.17) is 14.2 Å². The normalized spacial score (nSPS) is 12.0. The summed E-state index contributed by atoms with van der Waals surface area (Å²) in [7, 11) is 1.58. The zero-order valence-corrected chi connectivity index (χ0v) is 16.6. The maximum absolute atomic E-state index is 12.4. The molecule has 1 unspecified atom stereocenters. The maximum atomic E-state index is 12.4. The molecule has 1 N–H and O–H groups in total. The number of hydrogen-bond donors (Lipinski definition) is 1. The number of ether oxygens (including phenoxy) is 3. The van der Waals surface area contributed by atoms with Crippen LogP contribution in [0.3, 0.4) is 0 Å². The first-order chi connectivity index (χ1) is 14.1. The van der Waals surface area contributed by atoms with E-state index in [9.17, 15) is 4.79 Å². The molecule has 0 fully saturated rings. The Hall–Kier alpha value is -3.61. The number of nitrogens with one attached hydrogen (secondary N) is 1. The number of amides is 1. The molecule has 7 nitrogen and oxygen atoms in total. The Bertz CT molecular complexity index is 1010. The smallest absolute Gasteiger partial charge is 0.280 e. The predicted molar refractivity (Wildman–Crippen MR) is 112 cm³/mol. The molecule has 0 aliphatic rings. The fourth-order valence-electron chi connectivity index (χ4n) is 2.71. The molecular formula is C22H23N3O4. The van der Waals surface area contributed by atoms with Crippen molar-refractivity contribution in [1.82, 2.24) is 10.4 Å². The van der Waals surface area contributed by atoms with Crippen molar-refractivity contribution < 1.29 is 19.0 Å². The number of para-hydroxylation sites is 1. The van der Waals surface area contributed by atoms with E-state index in [1.807, 2.05) is 31.2 Å². The van der Waals surface area contributed by atoms with E-state index in [1.165, 1.54) is 6.21 Å². The second-order valence-corrected chi connectivity index (χ2v) is 6.16. The number of fused-ring (bicyclic) bond motifs is 1.